The normalized spacial score (nSPS) is 24.2. The smallest absolute Gasteiger partial charge is 0.241 e. The molecule has 1 spiro atoms. The second-order valence-electron chi connectivity index (χ2n) is 13.5. The Morgan fingerprint density at radius 2 is 1.77 bits per heavy atom. The van der Waals surface area contributed by atoms with Crippen LogP contribution >= 0.6 is 0 Å². The van der Waals surface area contributed by atoms with E-state index in [2.05, 4.69) is 78.9 Å². The van der Waals surface area contributed by atoms with Gasteiger partial charge in [-0.05, 0) is 63.1 Å². The van der Waals surface area contributed by atoms with Crippen LogP contribution in [0, 0.1) is 19.8 Å². The van der Waals surface area contributed by atoms with Crippen molar-refractivity contribution in [3.63, 3.8) is 0 Å². The Kier molecular flexibility index (Phi) is 10.8. The van der Waals surface area contributed by atoms with Crippen LogP contribution in [0.2, 0.25) is 0 Å². The first-order valence-electron chi connectivity index (χ1n) is 16.8. The summed E-state index contributed by atoms with van der Waals surface area (Å²) in [5.41, 5.74) is 4.81. The predicted molar refractivity (Wildman–Crippen MR) is 171 cm³/mol. The third kappa shape index (κ3) is 7.06. The molecule has 3 N–H and O–H groups in total. The molecule has 0 aliphatic carbocycles. The highest BCUT2D eigenvalue weighted by Crippen LogP contribution is 2.36. The zero-order valence-corrected chi connectivity index (χ0v) is 27.5. The molecule has 2 aromatic rings. The van der Waals surface area contributed by atoms with Crippen LogP contribution in [0.3, 0.4) is 0 Å². The van der Waals surface area contributed by atoms with Crippen molar-refractivity contribution in [3.05, 3.63) is 46.8 Å². The van der Waals surface area contributed by atoms with Gasteiger partial charge in [0.2, 0.25) is 5.91 Å². The van der Waals surface area contributed by atoms with Crippen molar-refractivity contribution in [2.45, 2.75) is 104 Å². The van der Waals surface area contributed by atoms with E-state index in [1.54, 1.807) is 0 Å². The number of aromatic nitrogens is 2. The molecule has 0 saturated carbocycles. The lowest BCUT2D eigenvalue weighted by Crippen LogP contribution is -2.74. The van der Waals surface area contributed by atoms with Crippen molar-refractivity contribution in [1.82, 2.24) is 29.8 Å². The zero-order chi connectivity index (χ0) is 31.4. The van der Waals surface area contributed by atoms with Gasteiger partial charge in [-0.3, -0.25) is 19.5 Å². The number of rotatable bonds is 11. The number of carbonyl (C=O) groups is 1. The summed E-state index contributed by atoms with van der Waals surface area (Å²) in [6, 6.07) is 8.11. The molecule has 1 aromatic heterocycles. The Hall–Kier alpha value is -2.34. The topological polar surface area (TPSA) is 106 Å². The number of aliphatic hydroxyl groups excluding tert-OH is 2. The molecule has 0 bridgehead atoms. The molecule has 5 rings (SSSR count). The summed E-state index contributed by atoms with van der Waals surface area (Å²) in [6.07, 6.45) is 3.63. The summed E-state index contributed by atoms with van der Waals surface area (Å²) < 4.78 is 7.43. The minimum absolute atomic E-state index is 0.0882. The minimum Gasteiger partial charge on any atom is -0.379 e. The van der Waals surface area contributed by atoms with E-state index in [-0.39, 0.29) is 11.9 Å². The number of hydrogen-bond donors (Lipinski definition) is 3. The van der Waals surface area contributed by atoms with Crippen molar-refractivity contribution in [1.29, 1.82) is 0 Å². The molecular formula is C34H54N6O4. The SMILES string of the molecule is CCCCN1C(O)[C@H](CC(C)C)NC(=O)C12CCN(Cc1c(C)nn(-c3ccc(CC(O)N4CCOCC4)cc3)c1C)CC2. The van der Waals surface area contributed by atoms with Gasteiger partial charge in [0.25, 0.3) is 0 Å². The van der Waals surface area contributed by atoms with Crippen molar-refractivity contribution in [2.24, 2.45) is 5.92 Å². The number of benzene rings is 1. The third-order valence-electron chi connectivity index (χ3n) is 10.0. The zero-order valence-electron chi connectivity index (χ0n) is 27.5. The van der Waals surface area contributed by atoms with Gasteiger partial charge in [0.15, 0.2) is 0 Å². The lowest BCUT2D eigenvalue weighted by molar-refractivity contribution is -0.171. The Labute approximate surface area is 263 Å². The van der Waals surface area contributed by atoms with Crippen molar-refractivity contribution in [3.8, 4) is 5.69 Å². The summed E-state index contributed by atoms with van der Waals surface area (Å²) >= 11 is 0. The number of unbranched alkanes of at least 4 members (excludes halogenated alkanes) is 1. The van der Waals surface area contributed by atoms with Gasteiger partial charge >= 0.3 is 0 Å². The van der Waals surface area contributed by atoms with Gasteiger partial charge in [-0.15, -0.1) is 0 Å². The molecule has 3 aliphatic rings. The van der Waals surface area contributed by atoms with Gasteiger partial charge in [0.05, 0.1) is 30.6 Å². The average Bonchev–Trinajstić information content (AvgIpc) is 3.29. The van der Waals surface area contributed by atoms with Crippen molar-refractivity contribution in [2.75, 3.05) is 45.9 Å². The highest BCUT2D eigenvalue weighted by atomic mass is 16.5. The lowest BCUT2D eigenvalue weighted by atomic mass is 9.80. The average molecular weight is 611 g/mol. The van der Waals surface area contributed by atoms with Gasteiger partial charge in [0.1, 0.15) is 18.0 Å². The quantitative estimate of drug-likeness (QED) is 0.357. The van der Waals surface area contributed by atoms with E-state index in [0.29, 0.717) is 38.4 Å². The molecule has 3 aliphatic heterocycles. The van der Waals surface area contributed by atoms with E-state index in [1.165, 1.54) is 5.56 Å². The predicted octanol–water partition coefficient (Wildman–Crippen LogP) is 2.98. The van der Waals surface area contributed by atoms with E-state index in [4.69, 9.17) is 9.84 Å². The summed E-state index contributed by atoms with van der Waals surface area (Å²) in [4.78, 5) is 20.3. The largest absolute Gasteiger partial charge is 0.379 e. The molecule has 2 unspecified atom stereocenters. The Balaban J connectivity index is 1.23. The Bertz CT molecular complexity index is 1230. The summed E-state index contributed by atoms with van der Waals surface area (Å²) in [7, 11) is 0. The minimum atomic E-state index is -0.649. The number of amides is 1. The number of carbonyl (C=O) groups excluding carboxylic acids is 1. The summed E-state index contributed by atoms with van der Waals surface area (Å²) in [5.74, 6) is 0.489. The molecular weight excluding hydrogens is 556 g/mol. The Morgan fingerprint density at radius 3 is 2.41 bits per heavy atom. The Morgan fingerprint density at radius 1 is 1.09 bits per heavy atom. The first kappa shape index (κ1) is 33.0. The van der Waals surface area contributed by atoms with Crippen molar-refractivity contribution < 1.29 is 19.7 Å². The fourth-order valence-electron chi connectivity index (χ4n) is 7.30. The van der Waals surface area contributed by atoms with Crippen LogP contribution in [0.5, 0.6) is 0 Å². The molecule has 10 heteroatoms. The molecule has 0 radical (unpaired) electrons. The van der Waals surface area contributed by atoms with Gasteiger partial charge in [0, 0.05) is 56.9 Å². The van der Waals surface area contributed by atoms with E-state index >= 15 is 0 Å². The molecule has 3 atom stereocenters. The molecule has 10 nitrogen and oxygen atoms in total. The fourth-order valence-corrected chi connectivity index (χ4v) is 7.30. The standard InChI is InChI=1S/C34H54N6O4/c1-6-7-14-39-32(42)30(21-24(2)3)35-33(43)34(39)12-15-37(16-13-34)23-29-25(4)36-40(26(29)5)28-10-8-27(9-11-28)22-31(41)38-17-19-44-20-18-38/h8-11,24,30-32,41-42H,6-7,12-23H2,1-5H3,(H,35,43)/t30-,31?,32?/m0/s1. The molecule has 1 aromatic carbocycles. The summed E-state index contributed by atoms with van der Waals surface area (Å²) in [6.45, 7) is 16.6. The molecule has 3 saturated heterocycles. The number of aryl methyl sites for hydroxylation is 1. The van der Waals surface area contributed by atoms with Gasteiger partial charge < -0.3 is 20.3 Å². The number of hydrogen-bond acceptors (Lipinski definition) is 8. The number of piperazine rings is 1. The van der Waals surface area contributed by atoms with Crippen LogP contribution in [0.4, 0.5) is 0 Å². The number of nitrogens with one attached hydrogen (secondary N) is 1. The number of aliphatic hydroxyl groups is 2. The highest BCUT2D eigenvalue weighted by molar-refractivity contribution is 5.87. The van der Waals surface area contributed by atoms with Crippen LogP contribution in [0.1, 0.15) is 75.4 Å². The van der Waals surface area contributed by atoms with Gasteiger partial charge in [-0.1, -0.05) is 39.3 Å². The van der Waals surface area contributed by atoms with E-state index in [0.717, 1.165) is 81.2 Å². The molecule has 1 amide bonds. The first-order valence-corrected chi connectivity index (χ1v) is 16.8. The maximum Gasteiger partial charge on any atom is 0.241 e. The first-order chi connectivity index (χ1) is 21.1. The van der Waals surface area contributed by atoms with E-state index in [9.17, 15) is 15.0 Å². The van der Waals surface area contributed by atoms with Crippen LogP contribution in [0.25, 0.3) is 5.69 Å². The molecule has 44 heavy (non-hydrogen) atoms. The number of piperidine rings is 1. The van der Waals surface area contributed by atoms with Crippen molar-refractivity contribution >= 4 is 5.91 Å². The van der Waals surface area contributed by atoms with Crippen LogP contribution in [0.15, 0.2) is 24.3 Å². The van der Waals surface area contributed by atoms with Gasteiger partial charge in [-0.2, -0.15) is 5.10 Å². The molecule has 3 fully saturated rings. The maximum absolute atomic E-state index is 13.7. The number of likely N-dealkylation sites (tertiary alicyclic amines) is 1. The van der Waals surface area contributed by atoms with E-state index in [1.807, 2.05) is 4.68 Å². The molecule has 244 valence electrons. The summed E-state index contributed by atoms with van der Waals surface area (Å²) in [5, 5.41) is 30.2. The lowest BCUT2D eigenvalue weighted by Gasteiger charge is -2.54. The number of morpholine rings is 1. The second kappa shape index (κ2) is 14.4. The third-order valence-corrected chi connectivity index (χ3v) is 10.0. The number of ether oxygens (including phenoxy) is 1. The highest BCUT2D eigenvalue weighted by Gasteiger charge is 2.53. The maximum atomic E-state index is 13.7. The fraction of sp³-hybridized carbons (Fsp3) is 0.706. The number of nitrogens with zero attached hydrogens (tertiary/aromatic N) is 5. The molecule has 4 heterocycles. The van der Waals surface area contributed by atoms with E-state index < -0.39 is 18.0 Å². The van der Waals surface area contributed by atoms with Crippen LogP contribution in [-0.4, -0.2) is 111 Å². The van der Waals surface area contributed by atoms with Gasteiger partial charge in [-0.25, -0.2) is 4.68 Å². The van der Waals surface area contributed by atoms with Crippen LogP contribution < -0.4 is 5.32 Å². The monoisotopic (exact) mass is 610 g/mol. The second-order valence-corrected chi connectivity index (χ2v) is 13.5. The van der Waals surface area contributed by atoms with Crippen LogP contribution in [-0.2, 0) is 22.5 Å².